The van der Waals surface area contributed by atoms with Crippen molar-refractivity contribution in [2.75, 3.05) is 27.9 Å². The second-order valence-corrected chi connectivity index (χ2v) is 6.09. The first-order chi connectivity index (χ1) is 13.0. The molecule has 0 fully saturated rings. The lowest BCUT2D eigenvalue weighted by Crippen LogP contribution is -2.17. The Labute approximate surface area is 166 Å². The van der Waals surface area contributed by atoms with Crippen LogP contribution in [0.25, 0.3) is 0 Å². The molecule has 0 aromatic heterocycles. The number of halogens is 1. The molecule has 27 heavy (non-hydrogen) atoms. The normalized spacial score (nSPS) is 10.6. The Bertz CT molecular complexity index is 839. The number of carbonyl (C=O) groups is 1. The van der Waals surface area contributed by atoms with Crippen LogP contribution in [0.2, 0.25) is 0 Å². The quantitative estimate of drug-likeness (QED) is 0.504. The summed E-state index contributed by atoms with van der Waals surface area (Å²) < 4.78 is 22.0. The highest BCUT2D eigenvalue weighted by Crippen LogP contribution is 2.35. The van der Waals surface area contributed by atoms with Gasteiger partial charge in [-0.25, -0.2) is 5.43 Å². The third kappa shape index (κ3) is 5.13. The maximum atomic E-state index is 12.3. The average molecular weight is 437 g/mol. The van der Waals surface area contributed by atoms with Crippen molar-refractivity contribution < 1.29 is 23.7 Å². The molecule has 0 saturated heterocycles. The van der Waals surface area contributed by atoms with Gasteiger partial charge < -0.3 is 18.9 Å². The van der Waals surface area contributed by atoms with E-state index in [2.05, 4.69) is 26.5 Å². The van der Waals surface area contributed by atoms with E-state index in [1.165, 1.54) is 6.21 Å². The molecule has 8 heteroatoms. The van der Waals surface area contributed by atoms with Crippen LogP contribution in [0.4, 0.5) is 0 Å². The zero-order chi connectivity index (χ0) is 19.8. The van der Waals surface area contributed by atoms with Crippen LogP contribution in [0.5, 0.6) is 23.0 Å². The summed E-state index contributed by atoms with van der Waals surface area (Å²) in [6, 6.07) is 8.48. The zero-order valence-electron chi connectivity index (χ0n) is 15.5. The van der Waals surface area contributed by atoms with Crippen LogP contribution in [-0.2, 0) is 0 Å². The van der Waals surface area contributed by atoms with Crippen molar-refractivity contribution in [1.82, 2.24) is 5.43 Å². The molecule has 0 saturated carbocycles. The highest BCUT2D eigenvalue weighted by Gasteiger charge is 2.11. The minimum atomic E-state index is -0.366. The summed E-state index contributed by atoms with van der Waals surface area (Å²) in [5.41, 5.74) is 3.62. The van der Waals surface area contributed by atoms with Crippen LogP contribution >= 0.6 is 15.9 Å². The molecule has 0 spiro atoms. The molecular weight excluding hydrogens is 416 g/mol. The molecule has 0 aliphatic heterocycles. The van der Waals surface area contributed by atoms with E-state index >= 15 is 0 Å². The number of nitrogens with zero attached hydrogens (tertiary/aromatic N) is 1. The fraction of sp³-hybridized carbons (Fsp3) is 0.263. The number of benzene rings is 2. The molecular formula is C19H21BrN2O5. The van der Waals surface area contributed by atoms with E-state index in [0.717, 1.165) is 5.56 Å². The molecule has 2 aromatic rings. The minimum Gasteiger partial charge on any atom is -0.493 e. The third-order valence-corrected chi connectivity index (χ3v) is 4.15. The third-order valence-electron chi connectivity index (χ3n) is 3.56. The SMILES string of the molecule is CCOc1cc(C(=O)N/N=C/c2cc(Br)c(OC)c(OC)c2)ccc1OC. The lowest BCUT2D eigenvalue weighted by atomic mass is 10.2. The Balaban J connectivity index is 2.13. The molecule has 0 aliphatic rings. The van der Waals surface area contributed by atoms with Gasteiger partial charge in [-0.2, -0.15) is 5.10 Å². The van der Waals surface area contributed by atoms with Crippen LogP contribution < -0.4 is 24.4 Å². The first-order valence-electron chi connectivity index (χ1n) is 8.09. The van der Waals surface area contributed by atoms with Crippen LogP contribution in [-0.4, -0.2) is 40.1 Å². The molecule has 1 amide bonds. The van der Waals surface area contributed by atoms with Gasteiger partial charge >= 0.3 is 0 Å². The largest absolute Gasteiger partial charge is 0.493 e. The summed E-state index contributed by atoms with van der Waals surface area (Å²) in [5, 5.41) is 3.99. The summed E-state index contributed by atoms with van der Waals surface area (Å²) in [4.78, 5) is 12.3. The summed E-state index contributed by atoms with van der Waals surface area (Å²) in [6.45, 7) is 2.32. The minimum absolute atomic E-state index is 0.366. The van der Waals surface area contributed by atoms with Crippen LogP contribution in [0.1, 0.15) is 22.8 Å². The summed E-state index contributed by atoms with van der Waals surface area (Å²) in [7, 11) is 4.65. The number of carbonyl (C=O) groups excluding carboxylic acids is 1. The van der Waals surface area contributed by atoms with Gasteiger partial charge in [-0.05, 0) is 58.7 Å². The molecule has 0 atom stereocenters. The van der Waals surface area contributed by atoms with E-state index in [4.69, 9.17) is 18.9 Å². The number of hydrogen-bond donors (Lipinski definition) is 1. The number of methoxy groups -OCH3 is 3. The topological polar surface area (TPSA) is 78.4 Å². The number of ether oxygens (including phenoxy) is 4. The number of amides is 1. The fourth-order valence-electron chi connectivity index (χ4n) is 2.33. The van der Waals surface area contributed by atoms with Gasteiger partial charge in [0.25, 0.3) is 5.91 Å². The maximum absolute atomic E-state index is 12.3. The Hall–Kier alpha value is -2.74. The monoisotopic (exact) mass is 436 g/mol. The maximum Gasteiger partial charge on any atom is 0.271 e. The standard InChI is InChI=1S/C19H21BrN2O5/c1-5-27-16-10-13(6-7-15(16)24-2)19(23)22-21-11-12-8-14(20)18(26-4)17(9-12)25-3/h6-11H,5H2,1-4H3,(H,22,23)/b21-11+. The average Bonchev–Trinajstić information content (AvgIpc) is 2.67. The highest BCUT2D eigenvalue weighted by molar-refractivity contribution is 9.10. The van der Waals surface area contributed by atoms with Crippen molar-refractivity contribution in [3.05, 3.63) is 45.9 Å². The van der Waals surface area contributed by atoms with E-state index in [9.17, 15) is 4.79 Å². The Morgan fingerprint density at radius 3 is 2.44 bits per heavy atom. The van der Waals surface area contributed by atoms with Crippen molar-refractivity contribution in [3.8, 4) is 23.0 Å². The van der Waals surface area contributed by atoms with Crippen molar-refractivity contribution in [1.29, 1.82) is 0 Å². The number of hydrazone groups is 1. The highest BCUT2D eigenvalue weighted by atomic mass is 79.9. The van der Waals surface area contributed by atoms with Gasteiger partial charge in [-0.15, -0.1) is 0 Å². The lowest BCUT2D eigenvalue weighted by Gasteiger charge is -2.11. The first-order valence-corrected chi connectivity index (χ1v) is 8.89. The Morgan fingerprint density at radius 1 is 1.07 bits per heavy atom. The second kappa shape index (κ2) is 9.82. The van der Waals surface area contributed by atoms with Crippen molar-refractivity contribution in [2.24, 2.45) is 5.10 Å². The van der Waals surface area contributed by atoms with Crippen LogP contribution in [0.3, 0.4) is 0 Å². The predicted molar refractivity (Wildman–Crippen MR) is 106 cm³/mol. The molecule has 2 rings (SSSR count). The van der Waals surface area contributed by atoms with E-state index in [1.807, 2.05) is 6.92 Å². The Morgan fingerprint density at radius 2 is 1.81 bits per heavy atom. The first kappa shape index (κ1) is 20.6. The second-order valence-electron chi connectivity index (χ2n) is 5.24. The molecule has 0 unspecified atom stereocenters. The van der Waals surface area contributed by atoms with Gasteiger partial charge in [0, 0.05) is 5.56 Å². The molecule has 0 aliphatic carbocycles. The van der Waals surface area contributed by atoms with Gasteiger partial charge in [0.05, 0.1) is 38.6 Å². The van der Waals surface area contributed by atoms with Crippen LogP contribution in [0.15, 0.2) is 39.9 Å². The molecule has 0 heterocycles. The summed E-state index contributed by atoms with van der Waals surface area (Å²) in [6.07, 6.45) is 1.51. The zero-order valence-corrected chi connectivity index (χ0v) is 17.1. The molecule has 2 aromatic carbocycles. The van der Waals surface area contributed by atoms with E-state index in [-0.39, 0.29) is 5.91 Å². The number of hydrogen-bond acceptors (Lipinski definition) is 6. The van der Waals surface area contributed by atoms with E-state index in [0.29, 0.717) is 39.6 Å². The van der Waals surface area contributed by atoms with E-state index < -0.39 is 0 Å². The summed E-state index contributed by atoms with van der Waals surface area (Å²) >= 11 is 3.41. The fourth-order valence-corrected chi connectivity index (χ4v) is 2.95. The van der Waals surface area contributed by atoms with Gasteiger partial charge in [0.15, 0.2) is 23.0 Å². The predicted octanol–water partition coefficient (Wildman–Crippen LogP) is 3.64. The van der Waals surface area contributed by atoms with Gasteiger partial charge in [-0.1, -0.05) is 0 Å². The summed E-state index contributed by atoms with van der Waals surface area (Å²) in [5.74, 6) is 1.83. The molecule has 7 nitrogen and oxygen atoms in total. The van der Waals surface area contributed by atoms with Gasteiger partial charge in [0.1, 0.15) is 0 Å². The molecule has 0 radical (unpaired) electrons. The van der Waals surface area contributed by atoms with Crippen molar-refractivity contribution >= 4 is 28.1 Å². The van der Waals surface area contributed by atoms with E-state index in [1.54, 1.807) is 51.7 Å². The molecule has 144 valence electrons. The lowest BCUT2D eigenvalue weighted by molar-refractivity contribution is 0.0954. The number of rotatable bonds is 8. The molecule has 1 N–H and O–H groups in total. The number of nitrogens with one attached hydrogen (secondary N) is 1. The Kier molecular flexibility index (Phi) is 7.48. The van der Waals surface area contributed by atoms with Crippen LogP contribution in [0, 0.1) is 0 Å². The van der Waals surface area contributed by atoms with Crippen molar-refractivity contribution in [3.63, 3.8) is 0 Å². The van der Waals surface area contributed by atoms with Crippen molar-refractivity contribution in [2.45, 2.75) is 6.92 Å². The molecule has 0 bridgehead atoms. The van der Waals surface area contributed by atoms with Gasteiger partial charge in [-0.3, -0.25) is 4.79 Å². The van der Waals surface area contributed by atoms with Gasteiger partial charge in [0.2, 0.25) is 0 Å². The smallest absolute Gasteiger partial charge is 0.271 e.